The molecule has 0 spiro atoms. The van der Waals surface area contributed by atoms with Gasteiger partial charge in [0.2, 0.25) is 0 Å². The zero-order valence-corrected chi connectivity index (χ0v) is 22.4. The number of benzene rings is 2. The molecule has 0 saturated heterocycles. The average Bonchev–Trinajstić information content (AvgIpc) is 2.88. The molecule has 0 radical (unpaired) electrons. The smallest absolute Gasteiger partial charge is 0.0809 e. The first-order valence-electron chi connectivity index (χ1n) is 12.0. The quantitative estimate of drug-likeness (QED) is 0.255. The molecule has 0 fully saturated rings. The van der Waals surface area contributed by atoms with Gasteiger partial charge in [0.1, 0.15) is 0 Å². The monoisotopic (exact) mass is 465 g/mol. The van der Waals surface area contributed by atoms with Crippen molar-refractivity contribution in [2.45, 2.75) is 48.1 Å². The van der Waals surface area contributed by atoms with Gasteiger partial charge in [0.05, 0.1) is 17.1 Å². The molecule has 0 atom stereocenters. The van der Waals surface area contributed by atoms with E-state index in [1.54, 1.807) is 0 Å². The summed E-state index contributed by atoms with van der Waals surface area (Å²) in [6.07, 6.45) is 12.0. The Labute approximate surface area is 212 Å². The van der Waals surface area contributed by atoms with Gasteiger partial charge in [0.15, 0.2) is 0 Å². The number of likely N-dealkylation sites (N-methyl/N-ethyl adjacent to an activating group) is 1. The molecule has 182 valence electrons. The highest BCUT2D eigenvalue weighted by molar-refractivity contribution is 6.14. The molecule has 0 aromatic heterocycles. The summed E-state index contributed by atoms with van der Waals surface area (Å²) >= 11 is 0. The molecule has 0 heterocycles. The second kappa shape index (κ2) is 12.7. The lowest BCUT2D eigenvalue weighted by Crippen LogP contribution is -2.19. The van der Waals surface area contributed by atoms with E-state index in [1.165, 1.54) is 10.9 Å². The number of aliphatic imine (C=N–C) groups is 2. The second-order valence-electron chi connectivity index (χ2n) is 8.38. The van der Waals surface area contributed by atoms with Gasteiger partial charge in [-0.3, -0.25) is 9.98 Å². The zero-order valence-electron chi connectivity index (χ0n) is 22.4. The molecule has 0 aliphatic carbocycles. The van der Waals surface area contributed by atoms with Crippen molar-refractivity contribution in [3.05, 3.63) is 107 Å². The molecule has 2 aromatic carbocycles. The Morgan fingerprint density at radius 3 is 1.94 bits per heavy atom. The topological polar surface area (TPSA) is 28.0 Å². The number of hydrogen-bond donors (Lipinski definition) is 0. The molecule has 0 saturated carbocycles. The van der Waals surface area contributed by atoms with Gasteiger partial charge in [-0.15, -0.1) is 0 Å². The first kappa shape index (κ1) is 27.5. The van der Waals surface area contributed by atoms with Gasteiger partial charge >= 0.3 is 0 Å². The molecule has 3 nitrogen and oxygen atoms in total. The van der Waals surface area contributed by atoms with Crippen molar-refractivity contribution in [3.8, 4) is 0 Å². The molecule has 35 heavy (non-hydrogen) atoms. The third-order valence-electron chi connectivity index (χ3n) is 6.34. The molecule has 0 bridgehead atoms. The summed E-state index contributed by atoms with van der Waals surface area (Å²) in [6.45, 7) is 24.9. The standard InChI is InChI=1S/C32H39N3/c1-11-22(7)28(14-4)34-23(8)27-20-19-24(12-2)31-26(18-17-25(13-3)32(27)31)21-35(10)30(16-6)29(15-5)33-9/h11-20H,2-3,9,21H2,1,4-8,10H3/b22-11-,28-14+,29-15+,30-16+,34-23+. The van der Waals surface area contributed by atoms with Crippen LogP contribution in [0.2, 0.25) is 0 Å². The van der Waals surface area contributed by atoms with Gasteiger partial charge in [0, 0.05) is 24.9 Å². The maximum absolute atomic E-state index is 5.00. The van der Waals surface area contributed by atoms with E-state index in [9.17, 15) is 0 Å². The summed E-state index contributed by atoms with van der Waals surface area (Å²) in [6, 6.07) is 8.61. The SMILES string of the molecule is C=Cc1ccc(/C(C)=N/C(=C/C)C(/C)=C\C)c2c(C=C)ccc(CN(C)C(=C/C)/C(=C\C)N=C)c12. The van der Waals surface area contributed by atoms with Crippen LogP contribution < -0.4 is 0 Å². The van der Waals surface area contributed by atoms with Crippen LogP contribution in [-0.2, 0) is 6.54 Å². The van der Waals surface area contributed by atoms with E-state index < -0.39 is 0 Å². The van der Waals surface area contributed by atoms with Gasteiger partial charge in [-0.2, -0.15) is 0 Å². The molecule has 0 aliphatic heterocycles. The minimum Gasteiger partial charge on any atom is -0.369 e. The lowest BCUT2D eigenvalue weighted by molar-refractivity contribution is 0.418. The first-order chi connectivity index (χ1) is 16.8. The van der Waals surface area contributed by atoms with Gasteiger partial charge in [-0.25, -0.2) is 0 Å². The van der Waals surface area contributed by atoms with Crippen LogP contribution in [0, 0.1) is 0 Å². The van der Waals surface area contributed by atoms with Crippen molar-refractivity contribution in [2.24, 2.45) is 9.98 Å². The minimum absolute atomic E-state index is 0.707. The second-order valence-corrected chi connectivity index (χ2v) is 8.38. The summed E-state index contributed by atoms with van der Waals surface area (Å²) in [5.41, 5.74) is 9.48. The Hall–Kier alpha value is -3.72. The third-order valence-corrected chi connectivity index (χ3v) is 6.34. The van der Waals surface area contributed by atoms with E-state index in [2.05, 4.69) is 93.2 Å². The van der Waals surface area contributed by atoms with Crippen LogP contribution in [0.15, 0.2) is 94.4 Å². The van der Waals surface area contributed by atoms with Crippen molar-refractivity contribution in [1.82, 2.24) is 4.90 Å². The van der Waals surface area contributed by atoms with Crippen LogP contribution in [0.3, 0.4) is 0 Å². The van der Waals surface area contributed by atoms with E-state index in [4.69, 9.17) is 4.99 Å². The van der Waals surface area contributed by atoms with Crippen molar-refractivity contribution < 1.29 is 0 Å². The molecule has 0 amide bonds. The van der Waals surface area contributed by atoms with E-state index in [1.807, 2.05) is 45.9 Å². The van der Waals surface area contributed by atoms with Crippen molar-refractivity contribution in [2.75, 3.05) is 7.05 Å². The number of rotatable bonds is 10. The average molecular weight is 466 g/mol. The molecular weight excluding hydrogens is 426 g/mol. The van der Waals surface area contributed by atoms with Gasteiger partial charge in [-0.05, 0) is 81.3 Å². The van der Waals surface area contributed by atoms with E-state index in [0.29, 0.717) is 6.54 Å². The predicted octanol–water partition coefficient (Wildman–Crippen LogP) is 8.74. The number of nitrogens with zero attached hydrogens (tertiary/aromatic N) is 3. The molecule has 3 heteroatoms. The molecule has 2 aromatic rings. The summed E-state index contributed by atoms with van der Waals surface area (Å²) in [4.78, 5) is 11.4. The van der Waals surface area contributed by atoms with Gasteiger partial charge in [-0.1, -0.05) is 73.9 Å². The zero-order chi connectivity index (χ0) is 26.1. The van der Waals surface area contributed by atoms with Gasteiger partial charge < -0.3 is 4.90 Å². The van der Waals surface area contributed by atoms with Crippen LogP contribution in [0.1, 0.15) is 63.8 Å². The minimum atomic E-state index is 0.707. The van der Waals surface area contributed by atoms with Crippen LogP contribution in [0.25, 0.3) is 22.9 Å². The van der Waals surface area contributed by atoms with Crippen LogP contribution >= 0.6 is 0 Å². The van der Waals surface area contributed by atoms with E-state index in [-0.39, 0.29) is 0 Å². The molecule has 2 rings (SSSR count). The lowest BCUT2D eigenvalue weighted by atomic mass is 9.90. The summed E-state index contributed by atoms with van der Waals surface area (Å²) in [5, 5.41) is 2.32. The third kappa shape index (κ3) is 5.86. The molecular formula is C32H39N3. The Balaban J connectivity index is 2.82. The maximum atomic E-state index is 5.00. The summed E-state index contributed by atoms with van der Waals surface area (Å²) in [7, 11) is 2.08. The van der Waals surface area contributed by atoms with Crippen molar-refractivity contribution in [3.63, 3.8) is 0 Å². The Morgan fingerprint density at radius 1 is 0.829 bits per heavy atom. The Morgan fingerprint density at radius 2 is 1.43 bits per heavy atom. The number of fused-ring (bicyclic) bond motifs is 1. The highest BCUT2D eigenvalue weighted by Gasteiger charge is 2.17. The van der Waals surface area contributed by atoms with Crippen LogP contribution in [0.5, 0.6) is 0 Å². The highest BCUT2D eigenvalue weighted by atomic mass is 15.1. The first-order valence-corrected chi connectivity index (χ1v) is 12.0. The molecule has 0 aliphatic rings. The van der Waals surface area contributed by atoms with E-state index in [0.717, 1.165) is 50.5 Å². The van der Waals surface area contributed by atoms with Gasteiger partial charge in [0.25, 0.3) is 0 Å². The van der Waals surface area contributed by atoms with E-state index >= 15 is 0 Å². The Kier molecular flexibility index (Phi) is 9.96. The highest BCUT2D eigenvalue weighted by Crippen LogP contribution is 2.33. The fourth-order valence-electron chi connectivity index (χ4n) is 4.39. The van der Waals surface area contributed by atoms with Crippen LogP contribution in [0.4, 0.5) is 0 Å². The summed E-state index contributed by atoms with van der Waals surface area (Å²) in [5.74, 6) is 0. The molecule has 0 N–H and O–H groups in total. The normalized spacial score (nSPS) is 13.7. The predicted molar refractivity (Wildman–Crippen MR) is 158 cm³/mol. The lowest BCUT2D eigenvalue weighted by Gasteiger charge is -2.25. The fraction of sp³-hybridized carbons (Fsp3) is 0.250. The molecule has 0 unspecified atom stereocenters. The number of hydrogen-bond acceptors (Lipinski definition) is 3. The Bertz CT molecular complexity index is 1280. The summed E-state index contributed by atoms with van der Waals surface area (Å²) < 4.78 is 0. The number of allylic oxidation sites excluding steroid dienone is 5. The van der Waals surface area contributed by atoms with Crippen molar-refractivity contribution >= 4 is 35.4 Å². The maximum Gasteiger partial charge on any atom is 0.0809 e. The van der Waals surface area contributed by atoms with Crippen LogP contribution in [-0.4, -0.2) is 24.4 Å². The fourth-order valence-corrected chi connectivity index (χ4v) is 4.39. The van der Waals surface area contributed by atoms with Crippen molar-refractivity contribution in [1.29, 1.82) is 0 Å². The largest absolute Gasteiger partial charge is 0.369 e.